The van der Waals surface area contributed by atoms with Gasteiger partial charge in [-0.1, -0.05) is 26.2 Å². The highest BCUT2D eigenvalue weighted by Crippen LogP contribution is 2.30. The molecule has 2 unspecified atom stereocenters. The monoisotopic (exact) mass is 268 g/mol. The van der Waals surface area contributed by atoms with Crippen molar-refractivity contribution in [3.05, 3.63) is 11.1 Å². The first kappa shape index (κ1) is 13.3. The normalized spacial score (nSPS) is 23.8. The summed E-state index contributed by atoms with van der Waals surface area (Å²) in [5.74, 6) is 0.683. The molecule has 2 atom stereocenters. The van der Waals surface area contributed by atoms with Gasteiger partial charge in [0, 0.05) is 11.9 Å². The van der Waals surface area contributed by atoms with E-state index in [2.05, 4.69) is 17.2 Å². The van der Waals surface area contributed by atoms with Gasteiger partial charge in [-0.15, -0.1) is 11.3 Å². The molecular formula is C13H20N2O2S. The van der Waals surface area contributed by atoms with E-state index in [9.17, 15) is 4.79 Å². The fourth-order valence-corrected chi connectivity index (χ4v) is 3.26. The topological polar surface area (TPSA) is 62.2 Å². The quantitative estimate of drug-likeness (QED) is 0.861. The van der Waals surface area contributed by atoms with Crippen LogP contribution in [0.5, 0.6) is 0 Å². The number of aliphatic carboxylic acids is 1. The van der Waals surface area contributed by atoms with E-state index < -0.39 is 5.97 Å². The minimum Gasteiger partial charge on any atom is -0.481 e. The van der Waals surface area contributed by atoms with E-state index in [0.717, 1.165) is 23.5 Å². The van der Waals surface area contributed by atoms with Crippen LogP contribution in [0.4, 0.5) is 5.13 Å². The molecule has 1 aliphatic carbocycles. The summed E-state index contributed by atoms with van der Waals surface area (Å²) >= 11 is 1.50. The van der Waals surface area contributed by atoms with Gasteiger partial charge in [-0.2, -0.15) is 0 Å². The van der Waals surface area contributed by atoms with E-state index >= 15 is 0 Å². The number of nitrogens with zero attached hydrogens (tertiary/aromatic N) is 1. The summed E-state index contributed by atoms with van der Waals surface area (Å²) in [5.41, 5.74) is 0.645. The Bertz CT molecular complexity index is 405. The molecule has 0 radical (unpaired) electrons. The largest absolute Gasteiger partial charge is 0.481 e. The third-order valence-electron chi connectivity index (χ3n) is 3.69. The predicted molar refractivity (Wildman–Crippen MR) is 73.1 cm³/mol. The van der Waals surface area contributed by atoms with Crippen LogP contribution in [0.1, 0.15) is 38.3 Å². The van der Waals surface area contributed by atoms with E-state index in [4.69, 9.17) is 5.11 Å². The van der Waals surface area contributed by atoms with Crippen LogP contribution in [0.3, 0.4) is 0 Å². The number of rotatable bonds is 5. The number of nitrogens with one attached hydrogen (secondary N) is 1. The third kappa shape index (κ3) is 3.70. The van der Waals surface area contributed by atoms with E-state index in [0.29, 0.717) is 5.69 Å². The Balaban J connectivity index is 1.82. The third-order valence-corrected chi connectivity index (χ3v) is 4.54. The lowest BCUT2D eigenvalue weighted by atomic mass is 9.80. The van der Waals surface area contributed by atoms with Gasteiger partial charge in [0.05, 0.1) is 12.1 Å². The highest BCUT2D eigenvalue weighted by molar-refractivity contribution is 7.13. The molecule has 2 rings (SSSR count). The Morgan fingerprint density at radius 2 is 2.33 bits per heavy atom. The van der Waals surface area contributed by atoms with Crippen LogP contribution < -0.4 is 5.32 Å². The van der Waals surface area contributed by atoms with Crippen LogP contribution in [-0.4, -0.2) is 22.6 Å². The van der Waals surface area contributed by atoms with Crippen molar-refractivity contribution >= 4 is 22.4 Å². The zero-order valence-electron chi connectivity index (χ0n) is 10.7. The molecule has 2 N–H and O–H groups in total. The molecule has 100 valence electrons. The molecular weight excluding hydrogens is 248 g/mol. The molecule has 0 amide bonds. The molecule has 1 saturated carbocycles. The second-order valence-corrected chi connectivity index (χ2v) is 5.98. The van der Waals surface area contributed by atoms with Crippen molar-refractivity contribution < 1.29 is 9.90 Å². The summed E-state index contributed by atoms with van der Waals surface area (Å²) in [7, 11) is 0. The van der Waals surface area contributed by atoms with Crippen molar-refractivity contribution in [2.24, 2.45) is 11.8 Å². The Morgan fingerprint density at radius 1 is 1.56 bits per heavy atom. The molecule has 1 heterocycles. The van der Waals surface area contributed by atoms with E-state index in [-0.39, 0.29) is 6.42 Å². The van der Waals surface area contributed by atoms with Crippen LogP contribution in [0.2, 0.25) is 0 Å². The van der Waals surface area contributed by atoms with E-state index in [1.807, 2.05) is 5.38 Å². The van der Waals surface area contributed by atoms with Crippen molar-refractivity contribution in [3.8, 4) is 0 Å². The van der Waals surface area contributed by atoms with Gasteiger partial charge in [0.2, 0.25) is 0 Å². The molecule has 0 aromatic carbocycles. The van der Waals surface area contributed by atoms with Crippen LogP contribution >= 0.6 is 11.3 Å². The van der Waals surface area contributed by atoms with Gasteiger partial charge < -0.3 is 10.4 Å². The Labute approximate surface area is 111 Å². The maximum Gasteiger partial charge on any atom is 0.309 e. The first-order valence-electron chi connectivity index (χ1n) is 6.55. The van der Waals surface area contributed by atoms with Crippen molar-refractivity contribution in [2.45, 2.75) is 39.0 Å². The highest BCUT2D eigenvalue weighted by atomic mass is 32.1. The second-order valence-electron chi connectivity index (χ2n) is 5.12. The molecule has 1 aromatic heterocycles. The highest BCUT2D eigenvalue weighted by Gasteiger charge is 2.21. The smallest absolute Gasteiger partial charge is 0.309 e. The number of thiazole rings is 1. The zero-order chi connectivity index (χ0) is 13.0. The summed E-state index contributed by atoms with van der Waals surface area (Å²) in [6.45, 7) is 3.28. The number of carboxylic acids is 1. The zero-order valence-corrected chi connectivity index (χ0v) is 11.5. The lowest BCUT2D eigenvalue weighted by Gasteiger charge is -2.28. The molecule has 0 saturated heterocycles. The van der Waals surface area contributed by atoms with Gasteiger partial charge in [0.15, 0.2) is 5.13 Å². The van der Waals surface area contributed by atoms with Gasteiger partial charge in [0.25, 0.3) is 0 Å². The van der Waals surface area contributed by atoms with Crippen LogP contribution in [-0.2, 0) is 11.2 Å². The summed E-state index contributed by atoms with van der Waals surface area (Å²) in [6, 6.07) is 0. The minimum atomic E-state index is -0.826. The molecule has 0 spiro atoms. The molecule has 1 fully saturated rings. The number of aromatic nitrogens is 1. The number of carbonyl (C=O) groups is 1. The Kier molecular flexibility index (Phi) is 4.58. The van der Waals surface area contributed by atoms with Gasteiger partial charge in [0.1, 0.15) is 0 Å². The Morgan fingerprint density at radius 3 is 3.06 bits per heavy atom. The fraction of sp³-hybridized carbons (Fsp3) is 0.692. The Hall–Kier alpha value is -1.10. The molecule has 4 nitrogen and oxygen atoms in total. The van der Waals surface area contributed by atoms with E-state index in [1.54, 1.807) is 0 Å². The van der Waals surface area contributed by atoms with Gasteiger partial charge in [-0.3, -0.25) is 4.79 Å². The van der Waals surface area contributed by atoms with Crippen molar-refractivity contribution in [2.75, 3.05) is 11.9 Å². The molecule has 0 bridgehead atoms. The number of hydrogen-bond acceptors (Lipinski definition) is 4. The van der Waals surface area contributed by atoms with Crippen LogP contribution in [0, 0.1) is 11.8 Å². The fourth-order valence-electron chi connectivity index (χ4n) is 2.54. The molecule has 5 heteroatoms. The van der Waals surface area contributed by atoms with Crippen molar-refractivity contribution in [1.82, 2.24) is 4.98 Å². The summed E-state index contributed by atoms with van der Waals surface area (Å²) < 4.78 is 0. The summed E-state index contributed by atoms with van der Waals surface area (Å²) in [5, 5.41) is 14.7. The maximum atomic E-state index is 10.6. The molecule has 18 heavy (non-hydrogen) atoms. The van der Waals surface area contributed by atoms with Crippen LogP contribution in [0.15, 0.2) is 5.38 Å². The second kappa shape index (κ2) is 6.18. The number of anilines is 1. The van der Waals surface area contributed by atoms with Gasteiger partial charge >= 0.3 is 5.97 Å². The molecule has 1 aromatic rings. The molecule has 1 aliphatic rings. The predicted octanol–water partition coefficient (Wildman–Crippen LogP) is 3.01. The first-order valence-corrected chi connectivity index (χ1v) is 7.43. The number of hydrogen-bond donors (Lipinski definition) is 2. The minimum absolute atomic E-state index is 0.0119. The number of carboxylic acid groups (broad SMARTS) is 1. The lowest BCUT2D eigenvalue weighted by molar-refractivity contribution is -0.136. The lowest BCUT2D eigenvalue weighted by Crippen LogP contribution is -2.24. The standard InChI is InChI=1S/C13H20N2O2S/c1-9-4-2-3-5-10(9)7-14-13-15-11(8-18-13)6-12(16)17/h8-10H,2-7H2,1H3,(H,14,15)(H,16,17). The first-order chi connectivity index (χ1) is 8.65. The van der Waals surface area contributed by atoms with Crippen molar-refractivity contribution in [1.29, 1.82) is 0 Å². The van der Waals surface area contributed by atoms with Crippen LogP contribution in [0.25, 0.3) is 0 Å². The van der Waals surface area contributed by atoms with E-state index in [1.165, 1.54) is 37.0 Å². The maximum absolute atomic E-state index is 10.6. The van der Waals surface area contributed by atoms with Gasteiger partial charge in [-0.05, 0) is 18.3 Å². The van der Waals surface area contributed by atoms with Crippen molar-refractivity contribution in [3.63, 3.8) is 0 Å². The van der Waals surface area contributed by atoms with Gasteiger partial charge in [-0.25, -0.2) is 4.98 Å². The molecule has 0 aliphatic heterocycles. The summed E-state index contributed by atoms with van der Waals surface area (Å²) in [6.07, 6.45) is 5.32. The SMILES string of the molecule is CC1CCCCC1CNc1nc(CC(=O)O)cs1. The average Bonchev–Trinajstić information content (AvgIpc) is 2.75. The summed E-state index contributed by atoms with van der Waals surface area (Å²) in [4.78, 5) is 14.9. The average molecular weight is 268 g/mol.